The molecule has 1 N–H and O–H groups in total. The largest absolute Gasteiger partial charge is 0.355 e. The van der Waals surface area contributed by atoms with Crippen molar-refractivity contribution in [2.45, 2.75) is 58.2 Å². The molecule has 2 aliphatic rings. The zero-order chi connectivity index (χ0) is 20.8. The molecule has 3 heterocycles. The van der Waals surface area contributed by atoms with E-state index in [2.05, 4.69) is 56.3 Å². The minimum Gasteiger partial charge on any atom is -0.355 e. The Balaban J connectivity index is 1.35. The Hall–Kier alpha value is -2.47. The Morgan fingerprint density at radius 3 is 2.77 bits per heavy atom. The first-order chi connectivity index (χ1) is 14.7. The lowest BCUT2D eigenvalue weighted by atomic mass is 9.96. The van der Waals surface area contributed by atoms with Crippen molar-refractivity contribution in [3.05, 3.63) is 54.0 Å². The first-order valence-corrected chi connectivity index (χ1v) is 11.3. The van der Waals surface area contributed by atoms with Crippen LogP contribution in [0.15, 0.2) is 42.9 Å². The summed E-state index contributed by atoms with van der Waals surface area (Å²) in [4.78, 5) is 26.2. The van der Waals surface area contributed by atoms with E-state index in [0.717, 1.165) is 31.7 Å². The number of piperidine rings is 2. The van der Waals surface area contributed by atoms with E-state index in [4.69, 9.17) is 0 Å². The molecule has 0 saturated carbocycles. The van der Waals surface area contributed by atoms with Crippen LogP contribution >= 0.6 is 0 Å². The van der Waals surface area contributed by atoms with Gasteiger partial charge < -0.3 is 10.2 Å². The van der Waals surface area contributed by atoms with Gasteiger partial charge in [-0.05, 0) is 50.3 Å². The molecule has 6 heteroatoms. The van der Waals surface area contributed by atoms with Crippen molar-refractivity contribution < 1.29 is 4.79 Å². The number of amides is 1. The summed E-state index contributed by atoms with van der Waals surface area (Å²) < 4.78 is 0. The summed E-state index contributed by atoms with van der Waals surface area (Å²) in [5.74, 6) is 0.996. The van der Waals surface area contributed by atoms with Crippen LogP contribution in [0, 0.1) is 5.92 Å². The first-order valence-electron chi connectivity index (χ1n) is 11.3. The van der Waals surface area contributed by atoms with Gasteiger partial charge in [0.1, 0.15) is 5.82 Å². The van der Waals surface area contributed by atoms with Gasteiger partial charge in [-0.15, -0.1) is 0 Å². The fourth-order valence-corrected chi connectivity index (χ4v) is 4.68. The molecule has 6 nitrogen and oxygen atoms in total. The number of carbonyl (C=O) groups excluding carboxylic acids is 1. The Bertz CT molecular complexity index is 827. The quantitative estimate of drug-likeness (QED) is 0.795. The molecule has 1 amide bonds. The second kappa shape index (κ2) is 10.0. The van der Waals surface area contributed by atoms with Crippen molar-refractivity contribution >= 4 is 11.7 Å². The zero-order valence-corrected chi connectivity index (χ0v) is 18.0. The van der Waals surface area contributed by atoms with Crippen LogP contribution in [-0.2, 0) is 17.9 Å². The summed E-state index contributed by atoms with van der Waals surface area (Å²) in [6.07, 6.45) is 11.0. The van der Waals surface area contributed by atoms with E-state index >= 15 is 0 Å². The molecule has 1 aromatic carbocycles. The Morgan fingerprint density at radius 1 is 1.10 bits per heavy atom. The van der Waals surface area contributed by atoms with Gasteiger partial charge in [0.25, 0.3) is 0 Å². The third kappa shape index (κ3) is 5.17. The first kappa shape index (κ1) is 20.8. The van der Waals surface area contributed by atoms with Gasteiger partial charge in [-0.25, -0.2) is 4.98 Å². The fourth-order valence-electron chi connectivity index (χ4n) is 4.68. The molecular formula is C24H33N5O. The number of hydrogen-bond donors (Lipinski definition) is 1. The molecule has 2 saturated heterocycles. The molecular weight excluding hydrogens is 374 g/mol. The van der Waals surface area contributed by atoms with E-state index in [-0.39, 0.29) is 11.8 Å². The number of likely N-dealkylation sites (tertiary alicyclic amines) is 1. The van der Waals surface area contributed by atoms with Crippen molar-refractivity contribution in [1.29, 1.82) is 0 Å². The molecule has 160 valence electrons. The number of benzene rings is 1. The van der Waals surface area contributed by atoms with Crippen LogP contribution in [0.1, 0.15) is 50.2 Å². The molecule has 2 unspecified atom stereocenters. The topological polar surface area (TPSA) is 61.4 Å². The van der Waals surface area contributed by atoms with Crippen molar-refractivity contribution in [3.63, 3.8) is 0 Å². The lowest BCUT2D eigenvalue weighted by molar-refractivity contribution is -0.125. The summed E-state index contributed by atoms with van der Waals surface area (Å²) in [5, 5.41) is 3.21. The van der Waals surface area contributed by atoms with Crippen LogP contribution in [0.4, 0.5) is 5.82 Å². The SMILES string of the molecule is CC1CCCCN1Cc1ccccc1CNC(=O)C1CCCN(c2cnccn2)C1. The van der Waals surface area contributed by atoms with Crippen molar-refractivity contribution in [2.75, 3.05) is 24.5 Å². The second-order valence-corrected chi connectivity index (χ2v) is 8.65. The molecule has 2 aromatic rings. The lowest BCUT2D eigenvalue weighted by Crippen LogP contribution is -2.43. The Morgan fingerprint density at radius 2 is 1.97 bits per heavy atom. The van der Waals surface area contributed by atoms with E-state index in [1.165, 1.54) is 36.9 Å². The van der Waals surface area contributed by atoms with Crippen LogP contribution in [-0.4, -0.2) is 46.5 Å². The smallest absolute Gasteiger partial charge is 0.225 e. The van der Waals surface area contributed by atoms with Crippen LogP contribution in [0.25, 0.3) is 0 Å². The summed E-state index contributed by atoms with van der Waals surface area (Å²) >= 11 is 0. The molecule has 2 fully saturated rings. The maximum absolute atomic E-state index is 12.9. The molecule has 0 spiro atoms. The number of carbonyl (C=O) groups is 1. The van der Waals surface area contributed by atoms with Crippen molar-refractivity contribution in [2.24, 2.45) is 5.92 Å². The van der Waals surface area contributed by atoms with E-state index in [0.29, 0.717) is 19.1 Å². The summed E-state index contributed by atoms with van der Waals surface area (Å²) in [6, 6.07) is 9.17. The number of nitrogens with one attached hydrogen (secondary N) is 1. The van der Waals surface area contributed by atoms with Crippen LogP contribution in [0.3, 0.4) is 0 Å². The summed E-state index contributed by atoms with van der Waals surface area (Å²) in [6.45, 7) is 6.70. The summed E-state index contributed by atoms with van der Waals surface area (Å²) in [5.41, 5.74) is 2.56. The predicted molar refractivity (Wildman–Crippen MR) is 119 cm³/mol. The van der Waals surface area contributed by atoms with Gasteiger partial charge >= 0.3 is 0 Å². The highest BCUT2D eigenvalue weighted by molar-refractivity contribution is 5.79. The molecule has 0 bridgehead atoms. The third-order valence-corrected chi connectivity index (χ3v) is 6.55. The van der Waals surface area contributed by atoms with Crippen molar-refractivity contribution in [3.8, 4) is 0 Å². The molecule has 1 aromatic heterocycles. The molecule has 2 aliphatic heterocycles. The highest BCUT2D eigenvalue weighted by atomic mass is 16.1. The molecule has 2 atom stereocenters. The fraction of sp³-hybridized carbons (Fsp3) is 0.542. The average Bonchev–Trinajstić information content (AvgIpc) is 2.80. The zero-order valence-electron chi connectivity index (χ0n) is 18.0. The van der Waals surface area contributed by atoms with E-state index in [1.54, 1.807) is 18.6 Å². The Kier molecular flexibility index (Phi) is 6.95. The van der Waals surface area contributed by atoms with Gasteiger partial charge in [0.15, 0.2) is 0 Å². The number of nitrogens with zero attached hydrogens (tertiary/aromatic N) is 4. The number of anilines is 1. The average molecular weight is 408 g/mol. The lowest BCUT2D eigenvalue weighted by Gasteiger charge is -2.34. The maximum atomic E-state index is 12.9. The molecule has 4 rings (SSSR count). The minimum absolute atomic E-state index is 0.00460. The molecule has 0 radical (unpaired) electrons. The highest BCUT2D eigenvalue weighted by Gasteiger charge is 2.26. The van der Waals surface area contributed by atoms with Gasteiger partial charge in [-0.1, -0.05) is 30.7 Å². The van der Waals surface area contributed by atoms with Crippen LogP contribution in [0.2, 0.25) is 0 Å². The monoisotopic (exact) mass is 407 g/mol. The molecule has 30 heavy (non-hydrogen) atoms. The van der Waals surface area contributed by atoms with E-state index in [9.17, 15) is 4.79 Å². The number of aromatic nitrogens is 2. The van der Waals surface area contributed by atoms with Gasteiger partial charge in [-0.2, -0.15) is 0 Å². The Labute approximate surface area is 179 Å². The molecule has 0 aliphatic carbocycles. The summed E-state index contributed by atoms with van der Waals surface area (Å²) in [7, 11) is 0. The second-order valence-electron chi connectivity index (χ2n) is 8.65. The van der Waals surface area contributed by atoms with Gasteiger partial charge in [-0.3, -0.25) is 14.7 Å². The third-order valence-electron chi connectivity index (χ3n) is 6.55. The van der Waals surface area contributed by atoms with E-state index < -0.39 is 0 Å². The van der Waals surface area contributed by atoms with Gasteiger partial charge in [0, 0.05) is 44.6 Å². The number of rotatable bonds is 6. The van der Waals surface area contributed by atoms with Crippen LogP contribution < -0.4 is 10.2 Å². The van der Waals surface area contributed by atoms with E-state index in [1.807, 2.05) is 0 Å². The van der Waals surface area contributed by atoms with Gasteiger partial charge in [0.2, 0.25) is 5.91 Å². The minimum atomic E-state index is -0.00460. The van der Waals surface area contributed by atoms with Crippen LogP contribution in [0.5, 0.6) is 0 Å². The predicted octanol–water partition coefficient (Wildman–Crippen LogP) is 3.38. The number of hydrogen-bond acceptors (Lipinski definition) is 5. The van der Waals surface area contributed by atoms with Gasteiger partial charge in [0.05, 0.1) is 12.1 Å². The van der Waals surface area contributed by atoms with Crippen molar-refractivity contribution in [1.82, 2.24) is 20.2 Å². The maximum Gasteiger partial charge on any atom is 0.225 e. The normalized spacial score (nSPS) is 22.6. The highest BCUT2D eigenvalue weighted by Crippen LogP contribution is 2.23. The standard InChI is InChI=1S/C24H33N5O/c1-19-7-4-5-13-28(19)17-21-9-3-2-8-20(21)15-27-24(30)22-10-6-14-29(18-22)23-16-25-11-12-26-23/h2-3,8-9,11-12,16,19,22H,4-7,10,13-15,17-18H2,1H3,(H,27,30).